The van der Waals surface area contributed by atoms with E-state index in [2.05, 4.69) is 35.9 Å². The quantitative estimate of drug-likeness (QED) is 0.720. The van der Waals surface area contributed by atoms with Crippen LogP contribution in [-0.4, -0.2) is 29.0 Å². The minimum absolute atomic E-state index is 0.332. The van der Waals surface area contributed by atoms with Crippen LogP contribution in [0.3, 0.4) is 0 Å². The van der Waals surface area contributed by atoms with Gasteiger partial charge in [-0.15, -0.1) is 0 Å². The van der Waals surface area contributed by atoms with Crippen molar-refractivity contribution in [2.24, 2.45) is 5.73 Å². The summed E-state index contributed by atoms with van der Waals surface area (Å²) in [6.45, 7) is 9.50. The van der Waals surface area contributed by atoms with Crippen molar-refractivity contribution < 1.29 is 0 Å². The lowest BCUT2D eigenvalue weighted by atomic mass is 10.1. The van der Waals surface area contributed by atoms with E-state index in [1.54, 1.807) is 0 Å². The molecule has 3 heteroatoms. The molecular weight excluding hydrogens is 222 g/mol. The third-order valence-electron chi connectivity index (χ3n) is 3.16. The van der Waals surface area contributed by atoms with E-state index in [4.69, 9.17) is 5.73 Å². The van der Waals surface area contributed by atoms with Crippen molar-refractivity contribution in [1.29, 1.82) is 0 Å². The van der Waals surface area contributed by atoms with E-state index in [1.807, 2.05) is 13.0 Å². The fourth-order valence-corrected chi connectivity index (χ4v) is 2.07. The summed E-state index contributed by atoms with van der Waals surface area (Å²) in [6, 6.07) is 6.57. The summed E-state index contributed by atoms with van der Waals surface area (Å²) in [5, 5.41) is 0. The van der Waals surface area contributed by atoms with Crippen molar-refractivity contribution >= 4 is 0 Å². The van der Waals surface area contributed by atoms with Gasteiger partial charge in [0.1, 0.15) is 0 Å². The summed E-state index contributed by atoms with van der Waals surface area (Å²) in [5.74, 6) is 0. The number of hydrogen-bond acceptors (Lipinski definition) is 3. The lowest BCUT2D eigenvalue weighted by Gasteiger charge is -2.20. The fourth-order valence-electron chi connectivity index (χ4n) is 2.07. The molecule has 0 aromatic carbocycles. The molecule has 0 aliphatic heterocycles. The summed E-state index contributed by atoms with van der Waals surface area (Å²) in [7, 11) is 0. The number of nitrogens with zero attached hydrogens (tertiary/aromatic N) is 2. The van der Waals surface area contributed by atoms with E-state index in [1.165, 1.54) is 18.5 Å². The van der Waals surface area contributed by atoms with Gasteiger partial charge in [0, 0.05) is 18.3 Å². The van der Waals surface area contributed by atoms with Crippen LogP contribution in [0.15, 0.2) is 18.2 Å². The summed E-state index contributed by atoms with van der Waals surface area (Å²) in [4.78, 5) is 7.00. The topological polar surface area (TPSA) is 42.1 Å². The molecule has 0 bridgehead atoms. The van der Waals surface area contributed by atoms with E-state index in [-0.39, 0.29) is 0 Å². The normalized spacial score (nSPS) is 12.9. The summed E-state index contributed by atoms with van der Waals surface area (Å²) < 4.78 is 0. The fraction of sp³-hybridized carbons (Fsp3) is 0.667. The van der Waals surface area contributed by atoms with Gasteiger partial charge in [-0.25, -0.2) is 0 Å². The predicted octanol–water partition coefficient (Wildman–Crippen LogP) is 2.73. The molecule has 2 N–H and O–H groups in total. The third-order valence-corrected chi connectivity index (χ3v) is 3.16. The summed E-state index contributed by atoms with van der Waals surface area (Å²) >= 11 is 0. The Morgan fingerprint density at radius 1 is 1.33 bits per heavy atom. The number of aromatic nitrogens is 1. The lowest BCUT2D eigenvalue weighted by Crippen LogP contribution is -2.25. The molecule has 3 nitrogen and oxygen atoms in total. The molecule has 0 fully saturated rings. The second-order valence-electron chi connectivity index (χ2n) is 5.11. The van der Waals surface area contributed by atoms with Crippen LogP contribution in [-0.2, 0) is 6.54 Å². The van der Waals surface area contributed by atoms with Gasteiger partial charge < -0.3 is 5.73 Å². The van der Waals surface area contributed by atoms with Gasteiger partial charge >= 0.3 is 0 Å². The van der Waals surface area contributed by atoms with Crippen molar-refractivity contribution in [1.82, 2.24) is 9.88 Å². The van der Waals surface area contributed by atoms with E-state index in [0.717, 1.165) is 31.7 Å². The highest BCUT2D eigenvalue weighted by atomic mass is 15.1. The molecule has 0 aliphatic carbocycles. The molecule has 1 atom stereocenters. The van der Waals surface area contributed by atoms with Gasteiger partial charge in [-0.05, 0) is 51.9 Å². The van der Waals surface area contributed by atoms with Crippen LogP contribution in [0.5, 0.6) is 0 Å². The Labute approximate surface area is 111 Å². The molecule has 1 unspecified atom stereocenters. The molecular formula is C15H27N3. The molecule has 0 saturated carbocycles. The zero-order chi connectivity index (χ0) is 13.4. The van der Waals surface area contributed by atoms with Gasteiger partial charge in [0.15, 0.2) is 0 Å². The highest BCUT2D eigenvalue weighted by Crippen LogP contribution is 2.06. The van der Waals surface area contributed by atoms with Crippen LogP contribution in [0.4, 0.5) is 0 Å². The first-order chi connectivity index (χ1) is 8.61. The summed E-state index contributed by atoms with van der Waals surface area (Å²) in [5.41, 5.74) is 8.03. The predicted molar refractivity (Wildman–Crippen MR) is 77.4 cm³/mol. The third kappa shape index (κ3) is 6.12. The van der Waals surface area contributed by atoms with E-state index in [9.17, 15) is 0 Å². The van der Waals surface area contributed by atoms with Crippen molar-refractivity contribution in [3.8, 4) is 0 Å². The number of aryl methyl sites for hydroxylation is 1. The molecule has 1 rings (SSSR count). The Kier molecular flexibility index (Phi) is 6.91. The molecule has 102 valence electrons. The average molecular weight is 249 g/mol. The Hall–Kier alpha value is -0.930. The van der Waals surface area contributed by atoms with Crippen LogP contribution in [0, 0.1) is 6.92 Å². The van der Waals surface area contributed by atoms with Crippen molar-refractivity contribution in [3.63, 3.8) is 0 Å². The maximum Gasteiger partial charge on any atom is 0.0547 e. The zero-order valence-corrected chi connectivity index (χ0v) is 12.0. The molecule has 1 heterocycles. The molecule has 18 heavy (non-hydrogen) atoms. The second-order valence-corrected chi connectivity index (χ2v) is 5.11. The van der Waals surface area contributed by atoms with E-state index in [0.29, 0.717) is 6.04 Å². The van der Waals surface area contributed by atoms with Crippen LogP contribution in [0.2, 0.25) is 0 Å². The minimum Gasteiger partial charge on any atom is -0.328 e. The zero-order valence-electron chi connectivity index (χ0n) is 12.0. The molecule has 1 aromatic heterocycles. The van der Waals surface area contributed by atoms with Crippen LogP contribution >= 0.6 is 0 Å². The minimum atomic E-state index is 0.332. The first-order valence-corrected chi connectivity index (χ1v) is 7.02. The second kappa shape index (κ2) is 8.22. The number of hydrogen-bond donors (Lipinski definition) is 1. The Balaban J connectivity index is 2.33. The lowest BCUT2D eigenvalue weighted by molar-refractivity contribution is 0.269. The SMILES string of the molecule is CCN(CCCCC(C)N)Cc1cccc(C)n1. The number of rotatable bonds is 8. The van der Waals surface area contributed by atoms with Crippen LogP contribution in [0.25, 0.3) is 0 Å². The maximum atomic E-state index is 5.76. The van der Waals surface area contributed by atoms with Gasteiger partial charge in [0.25, 0.3) is 0 Å². The Morgan fingerprint density at radius 2 is 2.11 bits per heavy atom. The Morgan fingerprint density at radius 3 is 2.72 bits per heavy atom. The number of unbranched alkanes of at least 4 members (excludes halogenated alkanes) is 1. The van der Waals surface area contributed by atoms with Gasteiger partial charge in [-0.3, -0.25) is 9.88 Å². The number of pyridine rings is 1. The highest BCUT2D eigenvalue weighted by molar-refractivity contribution is 5.09. The van der Waals surface area contributed by atoms with Gasteiger partial charge in [0.2, 0.25) is 0 Å². The maximum absolute atomic E-state index is 5.76. The van der Waals surface area contributed by atoms with Crippen LogP contribution in [0.1, 0.15) is 44.5 Å². The smallest absolute Gasteiger partial charge is 0.0547 e. The molecule has 0 amide bonds. The standard InChI is InChI=1S/C15H27N3/c1-4-18(11-6-5-8-13(2)16)12-15-10-7-9-14(3)17-15/h7,9-10,13H,4-6,8,11-12,16H2,1-3H3. The largest absolute Gasteiger partial charge is 0.328 e. The Bertz CT molecular complexity index is 336. The summed E-state index contributed by atoms with van der Waals surface area (Å²) in [6.07, 6.45) is 3.57. The monoisotopic (exact) mass is 249 g/mol. The average Bonchev–Trinajstić information content (AvgIpc) is 2.33. The molecule has 0 spiro atoms. The van der Waals surface area contributed by atoms with E-state index >= 15 is 0 Å². The van der Waals surface area contributed by atoms with Crippen molar-refractivity contribution in [2.75, 3.05) is 13.1 Å². The van der Waals surface area contributed by atoms with Gasteiger partial charge in [0.05, 0.1) is 5.69 Å². The van der Waals surface area contributed by atoms with Crippen LogP contribution < -0.4 is 5.73 Å². The molecule has 0 saturated heterocycles. The van der Waals surface area contributed by atoms with Crippen molar-refractivity contribution in [3.05, 3.63) is 29.6 Å². The van der Waals surface area contributed by atoms with Crippen molar-refractivity contribution in [2.45, 2.75) is 52.6 Å². The first-order valence-electron chi connectivity index (χ1n) is 7.02. The number of nitrogens with two attached hydrogens (primary N) is 1. The highest BCUT2D eigenvalue weighted by Gasteiger charge is 2.05. The van der Waals surface area contributed by atoms with E-state index < -0.39 is 0 Å². The molecule has 1 aromatic rings. The van der Waals surface area contributed by atoms with Gasteiger partial charge in [-0.2, -0.15) is 0 Å². The molecule has 0 radical (unpaired) electrons. The molecule has 0 aliphatic rings. The first kappa shape index (κ1) is 15.1. The van der Waals surface area contributed by atoms with Gasteiger partial charge in [-0.1, -0.05) is 19.4 Å².